The van der Waals surface area contributed by atoms with E-state index in [0.29, 0.717) is 16.0 Å². The molecule has 0 saturated heterocycles. The van der Waals surface area contributed by atoms with Crippen LogP contribution in [0.1, 0.15) is 0 Å². The Morgan fingerprint density at radius 3 is 2.92 bits per heavy atom. The van der Waals surface area contributed by atoms with Crippen molar-refractivity contribution in [3.63, 3.8) is 0 Å². The van der Waals surface area contributed by atoms with Gasteiger partial charge in [-0.05, 0) is 29.6 Å². The molecule has 1 N–H and O–H groups in total. The molecule has 0 fully saturated rings. The standard InChI is InChI=1S/C14H10N4O4S2/c1-22-8-3-2-4-9(7-8)24(20,21)14-12-15-13(19)11-10(5-6-23-11)18(12)17-16-14/h2-7,17H,1H3. The van der Waals surface area contributed by atoms with Crippen LogP contribution in [-0.4, -0.2) is 35.3 Å². The zero-order valence-corrected chi connectivity index (χ0v) is 13.9. The van der Waals surface area contributed by atoms with E-state index in [1.807, 2.05) is 0 Å². The van der Waals surface area contributed by atoms with Crippen LogP contribution in [0.15, 0.2) is 50.4 Å². The Balaban J connectivity index is 2.02. The van der Waals surface area contributed by atoms with Gasteiger partial charge in [0.25, 0.3) is 5.56 Å². The summed E-state index contributed by atoms with van der Waals surface area (Å²) in [4.78, 5) is 16.0. The number of nitrogens with one attached hydrogen (secondary N) is 1. The second kappa shape index (κ2) is 5.14. The molecule has 8 nitrogen and oxygen atoms in total. The number of ether oxygens (including phenoxy) is 1. The van der Waals surface area contributed by atoms with Crippen molar-refractivity contribution in [2.75, 3.05) is 7.11 Å². The molecular formula is C14H10N4O4S2. The monoisotopic (exact) mass is 362 g/mol. The van der Waals surface area contributed by atoms with Crippen molar-refractivity contribution < 1.29 is 13.2 Å². The highest BCUT2D eigenvalue weighted by atomic mass is 32.2. The van der Waals surface area contributed by atoms with Crippen LogP contribution >= 0.6 is 11.3 Å². The van der Waals surface area contributed by atoms with Gasteiger partial charge in [-0.1, -0.05) is 6.07 Å². The summed E-state index contributed by atoms with van der Waals surface area (Å²) in [6, 6.07) is 7.73. The van der Waals surface area contributed by atoms with Crippen LogP contribution in [0.5, 0.6) is 5.75 Å². The Bertz CT molecular complexity index is 1240. The van der Waals surface area contributed by atoms with Gasteiger partial charge in [-0.3, -0.25) is 4.79 Å². The lowest BCUT2D eigenvalue weighted by molar-refractivity contribution is 0.413. The van der Waals surface area contributed by atoms with Crippen LogP contribution < -0.4 is 10.3 Å². The number of methoxy groups -OCH3 is 1. The molecule has 0 aliphatic heterocycles. The van der Waals surface area contributed by atoms with Gasteiger partial charge < -0.3 is 4.74 Å². The first kappa shape index (κ1) is 14.8. The Hall–Kier alpha value is -2.72. The molecule has 0 aliphatic rings. The van der Waals surface area contributed by atoms with Crippen molar-refractivity contribution in [1.82, 2.24) is 19.8 Å². The second-order valence-electron chi connectivity index (χ2n) is 4.91. The van der Waals surface area contributed by atoms with Crippen molar-refractivity contribution in [2.24, 2.45) is 0 Å². The SMILES string of the molecule is COc1cccc(S(=O)(=O)c2n[nH]n3c2nc(=O)c2sccc23)c1. The molecule has 0 amide bonds. The molecular weight excluding hydrogens is 352 g/mol. The fraction of sp³-hybridized carbons (Fsp3) is 0.0714. The normalized spacial score (nSPS) is 12.0. The van der Waals surface area contributed by atoms with Gasteiger partial charge in [0.15, 0.2) is 5.65 Å². The zero-order chi connectivity index (χ0) is 16.9. The summed E-state index contributed by atoms with van der Waals surface area (Å²) in [5.41, 5.74) is 0.0202. The summed E-state index contributed by atoms with van der Waals surface area (Å²) in [7, 11) is -2.52. The molecule has 0 bridgehead atoms. The largest absolute Gasteiger partial charge is 0.497 e. The molecule has 0 radical (unpaired) electrons. The van der Waals surface area contributed by atoms with E-state index in [2.05, 4.69) is 15.3 Å². The van der Waals surface area contributed by atoms with Crippen molar-refractivity contribution in [3.8, 4) is 5.75 Å². The maximum absolute atomic E-state index is 12.9. The number of nitrogens with zero attached hydrogens (tertiary/aromatic N) is 3. The van der Waals surface area contributed by atoms with Crippen LogP contribution in [0.2, 0.25) is 0 Å². The Morgan fingerprint density at radius 2 is 2.12 bits per heavy atom. The lowest BCUT2D eigenvalue weighted by Gasteiger charge is -2.04. The topological polar surface area (TPSA) is 106 Å². The predicted octanol–water partition coefficient (Wildman–Crippen LogP) is 1.47. The zero-order valence-electron chi connectivity index (χ0n) is 12.3. The van der Waals surface area contributed by atoms with Gasteiger partial charge in [0.05, 0.1) is 17.5 Å². The molecule has 4 rings (SSSR count). The quantitative estimate of drug-likeness (QED) is 0.591. The smallest absolute Gasteiger partial charge is 0.291 e. The number of sulfone groups is 1. The number of rotatable bonds is 3. The van der Waals surface area contributed by atoms with E-state index in [1.54, 1.807) is 23.6 Å². The van der Waals surface area contributed by atoms with Gasteiger partial charge in [0, 0.05) is 0 Å². The molecule has 3 aromatic heterocycles. The molecule has 24 heavy (non-hydrogen) atoms. The second-order valence-corrected chi connectivity index (χ2v) is 7.69. The van der Waals surface area contributed by atoms with E-state index in [1.165, 1.54) is 35.1 Å². The summed E-state index contributed by atoms with van der Waals surface area (Å²) in [5.74, 6) is 0.404. The number of fused-ring (bicyclic) bond motifs is 3. The molecule has 0 spiro atoms. The number of H-pyrrole nitrogens is 1. The third-order valence-corrected chi connectivity index (χ3v) is 6.10. The van der Waals surface area contributed by atoms with E-state index < -0.39 is 15.4 Å². The minimum Gasteiger partial charge on any atom is -0.497 e. The molecule has 0 saturated carbocycles. The number of aromatic nitrogens is 4. The highest BCUT2D eigenvalue weighted by Gasteiger charge is 2.26. The van der Waals surface area contributed by atoms with Crippen molar-refractivity contribution >= 4 is 37.0 Å². The minimum absolute atomic E-state index is 0.00974. The fourth-order valence-corrected chi connectivity index (χ4v) is 4.45. The molecule has 0 aliphatic carbocycles. The first-order valence-electron chi connectivity index (χ1n) is 6.76. The third-order valence-electron chi connectivity index (χ3n) is 3.55. The maximum atomic E-state index is 12.9. The number of hydrogen-bond donors (Lipinski definition) is 1. The molecule has 122 valence electrons. The molecule has 1 aromatic carbocycles. The van der Waals surface area contributed by atoms with E-state index in [-0.39, 0.29) is 15.6 Å². The highest BCUT2D eigenvalue weighted by molar-refractivity contribution is 7.91. The van der Waals surface area contributed by atoms with Gasteiger partial charge in [0.2, 0.25) is 14.9 Å². The van der Waals surface area contributed by atoms with Crippen LogP contribution in [0.25, 0.3) is 15.9 Å². The van der Waals surface area contributed by atoms with E-state index in [0.717, 1.165) is 0 Å². The summed E-state index contributed by atoms with van der Waals surface area (Å²) < 4.78 is 32.6. The predicted molar refractivity (Wildman–Crippen MR) is 87.4 cm³/mol. The lowest BCUT2D eigenvalue weighted by atomic mass is 10.3. The maximum Gasteiger partial charge on any atom is 0.291 e. The number of thiophene rings is 1. The summed E-state index contributed by atoms with van der Waals surface area (Å²) in [6.07, 6.45) is 0. The average Bonchev–Trinajstić information content (AvgIpc) is 3.21. The number of benzene rings is 1. The van der Waals surface area contributed by atoms with Crippen LogP contribution in [0.4, 0.5) is 0 Å². The van der Waals surface area contributed by atoms with E-state index in [9.17, 15) is 13.2 Å². The number of aromatic amines is 1. The fourth-order valence-electron chi connectivity index (χ4n) is 2.40. The summed E-state index contributed by atoms with van der Waals surface area (Å²) in [5, 5.41) is 7.92. The van der Waals surface area contributed by atoms with Crippen LogP contribution in [-0.2, 0) is 9.84 Å². The van der Waals surface area contributed by atoms with Crippen LogP contribution in [0, 0.1) is 0 Å². The summed E-state index contributed by atoms with van der Waals surface area (Å²) >= 11 is 1.24. The Morgan fingerprint density at radius 1 is 1.29 bits per heavy atom. The number of hydrogen-bond acceptors (Lipinski definition) is 7. The first-order valence-corrected chi connectivity index (χ1v) is 9.12. The molecule has 3 heterocycles. The molecule has 0 atom stereocenters. The van der Waals surface area contributed by atoms with E-state index >= 15 is 0 Å². The third kappa shape index (κ3) is 2.03. The van der Waals surface area contributed by atoms with Gasteiger partial charge >= 0.3 is 0 Å². The van der Waals surface area contributed by atoms with Gasteiger partial charge in [-0.25, -0.2) is 18.1 Å². The molecule has 0 unspecified atom stereocenters. The van der Waals surface area contributed by atoms with Gasteiger partial charge in [0.1, 0.15) is 10.4 Å². The summed E-state index contributed by atoms with van der Waals surface area (Å²) in [6.45, 7) is 0. The average molecular weight is 362 g/mol. The van der Waals surface area contributed by atoms with Gasteiger partial charge in [-0.2, -0.15) is 4.98 Å². The Labute approximate surface area is 139 Å². The van der Waals surface area contributed by atoms with E-state index in [4.69, 9.17) is 4.74 Å². The molecule has 10 heteroatoms. The van der Waals surface area contributed by atoms with Crippen LogP contribution in [0.3, 0.4) is 0 Å². The van der Waals surface area contributed by atoms with Crippen molar-refractivity contribution in [1.29, 1.82) is 0 Å². The Kier molecular flexibility index (Phi) is 3.18. The molecule has 4 aromatic rings. The van der Waals surface area contributed by atoms with Crippen molar-refractivity contribution in [3.05, 3.63) is 46.1 Å². The highest BCUT2D eigenvalue weighted by Crippen LogP contribution is 2.26. The van der Waals surface area contributed by atoms with Gasteiger partial charge in [-0.15, -0.1) is 16.4 Å². The lowest BCUT2D eigenvalue weighted by Crippen LogP contribution is -2.10. The minimum atomic E-state index is -3.96. The first-order chi connectivity index (χ1) is 11.5. The van der Waals surface area contributed by atoms with Crippen molar-refractivity contribution in [2.45, 2.75) is 9.92 Å².